The van der Waals surface area contributed by atoms with E-state index in [0.717, 1.165) is 38.0 Å². The van der Waals surface area contributed by atoms with Crippen LogP contribution in [-0.4, -0.2) is 15.2 Å². The first-order valence-electron chi connectivity index (χ1n) is 11.1. The second-order valence-corrected chi connectivity index (χ2v) is 8.80. The van der Waals surface area contributed by atoms with Crippen LogP contribution in [0.15, 0.2) is 108 Å². The second-order valence-electron chi connectivity index (χ2n) is 7.95. The Kier molecular flexibility index (Phi) is 6.49. The molecule has 0 unspecified atom stereocenters. The number of hydrogen-bond acceptors (Lipinski definition) is 4. The molecule has 0 radical (unpaired) electrons. The summed E-state index contributed by atoms with van der Waals surface area (Å²) in [5, 5.41) is 20.2. The Labute approximate surface area is 212 Å². The molecule has 0 aliphatic heterocycles. The summed E-state index contributed by atoms with van der Waals surface area (Å²) in [6, 6.07) is 34.1. The van der Waals surface area contributed by atoms with Crippen LogP contribution >= 0.6 is 15.9 Å². The van der Waals surface area contributed by atoms with Crippen LogP contribution in [0.5, 0.6) is 5.75 Å². The number of fused-ring (bicyclic) bond motifs is 1. The molecule has 0 fully saturated rings. The van der Waals surface area contributed by atoms with E-state index in [1.807, 2.05) is 60.7 Å². The summed E-state index contributed by atoms with van der Waals surface area (Å²) < 4.78 is 0.755. The van der Waals surface area contributed by atoms with Crippen LogP contribution in [0.2, 0.25) is 0 Å². The molecular formula is C30H21BrN2O2. The number of anilines is 3. The lowest BCUT2D eigenvalue weighted by Gasteiger charge is -2.25. The van der Waals surface area contributed by atoms with Crippen LogP contribution in [0.4, 0.5) is 17.1 Å². The Morgan fingerprint density at radius 3 is 1.89 bits per heavy atom. The van der Waals surface area contributed by atoms with E-state index < -0.39 is 0 Å². The summed E-state index contributed by atoms with van der Waals surface area (Å²) in [5.41, 5.74) is 5.81. The minimum Gasteiger partial charge on any atom is -0.506 e. The topological polar surface area (TPSA) is 56.6 Å². The SMILES string of the molecule is OCc1nc2c(Br)cc(C#Cc3ccc(N(c4ccccc4)c4ccccc4)cc3)cc2cc1O. The Bertz CT molecular complexity index is 1500. The average molecular weight is 521 g/mol. The number of hydrogen-bond donors (Lipinski definition) is 2. The van der Waals surface area contributed by atoms with E-state index in [1.165, 1.54) is 0 Å². The molecule has 0 saturated heterocycles. The molecule has 0 spiro atoms. The maximum Gasteiger partial charge on any atom is 0.140 e. The van der Waals surface area contributed by atoms with Crippen LogP contribution in [0.1, 0.15) is 16.8 Å². The third-order valence-electron chi connectivity index (χ3n) is 5.58. The largest absolute Gasteiger partial charge is 0.506 e. The summed E-state index contributed by atoms with van der Waals surface area (Å²) in [6.07, 6.45) is 0. The molecule has 4 aromatic carbocycles. The van der Waals surface area contributed by atoms with Gasteiger partial charge >= 0.3 is 0 Å². The van der Waals surface area contributed by atoms with Crippen molar-refractivity contribution in [2.24, 2.45) is 0 Å². The van der Waals surface area contributed by atoms with Crippen molar-refractivity contribution in [3.05, 3.63) is 124 Å². The van der Waals surface area contributed by atoms with Gasteiger partial charge in [0, 0.05) is 38.0 Å². The number of aromatic hydroxyl groups is 1. The zero-order valence-corrected chi connectivity index (χ0v) is 20.3. The Balaban J connectivity index is 1.46. The van der Waals surface area contributed by atoms with Crippen LogP contribution in [0, 0.1) is 11.8 Å². The number of aliphatic hydroxyl groups is 1. The predicted octanol–water partition coefficient (Wildman–Crippen LogP) is 7.06. The Morgan fingerprint density at radius 2 is 1.29 bits per heavy atom. The highest BCUT2D eigenvalue weighted by Crippen LogP contribution is 2.34. The van der Waals surface area contributed by atoms with E-state index in [1.54, 1.807) is 6.07 Å². The third kappa shape index (κ3) is 4.90. The van der Waals surface area contributed by atoms with Crippen molar-refractivity contribution in [1.29, 1.82) is 0 Å². The molecule has 5 heteroatoms. The first kappa shape index (κ1) is 22.7. The standard InChI is InChI=1S/C30H21BrN2O2/c31-27-18-22(17-23-19-29(35)28(20-34)32-30(23)27)12-11-21-13-15-26(16-14-21)33(24-7-3-1-4-8-24)25-9-5-2-6-10-25/h1-10,13-19,34-35H,20H2. The van der Waals surface area contributed by atoms with Gasteiger partial charge in [-0.25, -0.2) is 4.98 Å². The fourth-order valence-electron chi connectivity index (χ4n) is 3.90. The monoisotopic (exact) mass is 520 g/mol. The van der Waals surface area contributed by atoms with Gasteiger partial charge in [-0.05, 0) is 82.7 Å². The van der Waals surface area contributed by atoms with Gasteiger partial charge in [0.05, 0.1) is 12.1 Å². The average Bonchev–Trinajstić information content (AvgIpc) is 2.89. The number of rotatable bonds is 4. The number of pyridine rings is 1. The quantitative estimate of drug-likeness (QED) is 0.249. The normalized spacial score (nSPS) is 10.6. The highest BCUT2D eigenvalue weighted by atomic mass is 79.9. The van der Waals surface area contributed by atoms with Gasteiger partial charge in [0.2, 0.25) is 0 Å². The molecule has 5 aromatic rings. The van der Waals surface area contributed by atoms with Gasteiger partial charge in [0.25, 0.3) is 0 Å². The minimum absolute atomic E-state index is 0.0333. The zero-order valence-electron chi connectivity index (χ0n) is 18.7. The van der Waals surface area contributed by atoms with Crippen LogP contribution in [-0.2, 0) is 6.61 Å². The summed E-state index contributed by atoms with van der Waals surface area (Å²) in [6.45, 7) is -0.322. The van der Waals surface area contributed by atoms with Crippen LogP contribution in [0.25, 0.3) is 10.9 Å². The van der Waals surface area contributed by atoms with Gasteiger partial charge < -0.3 is 15.1 Å². The second kappa shape index (κ2) is 10.0. The molecule has 0 amide bonds. The van der Waals surface area contributed by atoms with Crippen molar-refractivity contribution >= 4 is 43.9 Å². The number of benzene rings is 4. The van der Waals surface area contributed by atoms with E-state index in [-0.39, 0.29) is 18.1 Å². The van der Waals surface area contributed by atoms with E-state index in [9.17, 15) is 10.2 Å². The third-order valence-corrected chi connectivity index (χ3v) is 6.19. The lowest BCUT2D eigenvalue weighted by atomic mass is 10.1. The predicted molar refractivity (Wildman–Crippen MR) is 144 cm³/mol. The number of aliphatic hydroxyl groups excluding tert-OH is 1. The van der Waals surface area contributed by atoms with Gasteiger partial charge in [-0.2, -0.15) is 0 Å². The first-order chi connectivity index (χ1) is 17.1. The molecule has 0 atom stereocenters. The van der Waals surface area contributed by atoms with Crippen molar-refractivity contribution in [3.63, 3.8) is 0 Å². The van der Waals surface area contributed by atoms with Crippen LogP contribution < -0.4 is 4.90 Å². The van der Waals surface area contributed by atoms with Crippen molar-refractivity contribution in [3.8, 4) is 17.6 Å². The summed E-state index contributed by atoms with van der Waals surface area (Å²) in [4.78, 5) is 6.53. The molecule has 35 heavy (non-hydrogen) atoms. The highest BCUT2D eigenvalue weighted by Gasteiger charge is 2.11. The zero-order chi connectivity index (χ0) is 24.2. The maximum absolute atomic E-state index is 10.1. The maximum atomic E-state index is 10.1. The number of halogens is 1. The lowest BCUT2D eigenvalue weighted by molar-refractivity contribution is 0.270. The molecule has 0 aliphatic carbocycles. The Morgan fingerprint density at radius 1 is 0.714 bits per heavy atom. The van der Waals surface area contributed by atoms with Crippen molar-refractivity contribution in [1.82, 2.24) is 4.98 Å². The van der Waals surface area contributed by atoms with Gasteiger partial charge in [-0.1, -0.05) is 48.2 Å². The van der Waals surface area contributed by atoms with Crippen molar-refractivity contribution in [2.45, 2.75) is 6.61 Å². The molecule has 4 nitrogen and oxygen atoms in total. The smallest absolute Gasteiger partial charge is 0.140 e. The fraction of sp³-hybridized carbons (Fsp3) is 0.0333. The molecule has 0 saturated carbocycles. The molecule has 170 valence electrons. The number of para-hydroxylation sites is 2. The number of aromatic nitrogens is 1. The molecule has 5 rings (SSSR count). The van der Waals surface area contributed by atoms with Gasteiger partial charge in [-0.3, -0.25) is 0 Å². The Hall–Kier alpha value is -4.11. The summed E-state index contributed by atoms with van der Waals surface area (Å²) >= 11 is 3.53. The van der Waals surface area contributed by atoms with E-state index in [4.69, 9.17) is 0 Å². The molecule has 0 bridgehead atoms. The van der Waals surface area contributed by atoms with Crippen molar-refractivity contribution in [2.75, 3.05) is 4.90 Å². The summed E-state index contributed by atoms with van der Waals surface area (Å²) in [7, 11) is 0. The highest BCUT2D eigenvalue weighted by molar-refractivity contribution is 9.10. The fourth-order valence-corrected chi connectivity index (χ4v) is 4.46. The van der Waals surface area contributed by atoms with Gasteiger partial charge in [-0.15, -0.1) is 0 Å². The molecular weight excluding hydrogens is 500 g/mol. The number of nitrogens with zero attached hydrogens (tertiary/aromatic N) is 2. The van der Waals surface area contributed by atoms with Gasteiger partial charge in [0.15, 0.2) is 0 Å². The molecule has 1 heterocycles. The van der Waals surface area contributed by atoms with Crippen molar-refractivity contribution < 1.29 is 10.2 Å². The van der Waals surface area contributed by atoms with E-state index in [2.05, 4.69) is 74.1 Å². The summed E-state index contributed by atoms with van der Waals surface area (Å²) in [5.74, 6) is 6.39. The first-order valence-corrected chi connectivity index (χ1v) is 11.9. The molecule has 1 aromatic heterocycles. The minimum atomic E-state index is -0.322. The lowest BCUT2D eigenvalue weighted by Crippen LogP contribution is -2.09. The molecule has 2 N–H and O–H groups in total. The molecule has 0 aliphatic rings. The van der Waals surface area contributed by atoms with Gasteiger partial charge in [0.1, 0.15) is 11.4 Å². The van der Waals surface area contributed by atoms with Crippen LogP contribution in [0.3, 0.4) is 0 Å². The van der Waals surface area contributed by atoms with E-state index >= 15 is 0 Å². The van der Waals surface area contributed by atoms with E-state index in [0.29, 0.717) is 5.52 Å².